The fourth-order valence-electron chi connectivity index (χ4n) is 2.87. The molecule has 1 aromatic heterocycles. The van der Waals surface area contributed by atoms with Crippen LogP contribution in [0.2, 0.25) is 0 Å². The van der Waals surface area contributed by atoms with E-state index in [9.17, 15) is 13.2 Å². The predicted molar refractivity (Wildman–Crippen MR) is 126 cm³/mol. The Morgan fingerprint density at radius 1 is 1.06 bits per heavy atom. The third-order valence-electron chi connectivity index (χ3n) is 4.33. The molecule has 3 aromatic rings. The van der Waals surface area contributed by atoms with Gasteiger partial charge in [0, 0.05) is 26.6 Å². The molecule has 10 heteroatoms. The molecule has 0 aliphatic heterocycles. The molecule has 0 saturated heterocycles. The van der Waals surface area contributed by atoms with Crippen LogP contribution in [0.4, 0.5) is 13.2 Å². The zero-order chi connectivity index (χ0) is 21.4. The monoisotopic (exact) mass is 547 g/mol. The highest BCUT2D eigenvalue weighted by molar-refractivity contribution is 14.0. The summed E-state index contributed by atoms with van der Waals surface area (Å²) in [4.78, 5) is 12.0. The van der Waals surface area contributed by atoms with E-state index in [0.717, 1.165) is 28.8 Å². The van der Waals surface area contributed by atoms with Crippen LogP contribution in [0, 0.1) is 0 Å². The maximum atomic E-state index is 12.1. The highest BCUT2D eigenvalue weighted by atomic mass is 127. The summed E-state index contributed by atoms with van der Waals surface area (Å²) >= 11 is 0. The minimum Gasteiger partial charge on any atom is -0.367 e. The standard InChI is InChI=1S/C21H24F3N5O.HI/c1-25-20(26-11-10-19-28-17-4-2-3-5-18(17)29-19)27-12-15-6-8-16(9-7-15)13-30-14-21(22,23)24;/h2-9H,10-14H2,1H3,(H,28,29)(H2,25,26,27);1H. The van der Waals surface area contributed by atoms with Crippen molar-refractivity contribution in [2.45, 2.75) is 25.7 Å². The second-order valence-corrected chi connectivity index (χ2v) is 6.73. The van der Waals surface area contributed by atoms with Gasteiger partial charge in [-0.05, 0) is 23.3 Å². The van der Waals surface area contributed by atoms with E-state index in [1.54, 1.807) is 19.2 Å². The number of aromatic amines is 1. The van der Waals surface area contributed by atoms with E-state index in [1.807, 2.05) is 36.4 Å². The Morgan fingerprint density at radius 2 is 1.77 bits per heavy atom. The molecule has 0 amide bonds. The molecule has 0 spiro atoms. The van der Waals surface area contributed by atoms with E-state index in [0.29, 0.717) is 24.6 Å². The predicted octanol–water partition coefficient (Wildman–Crippen LogP) is 4.17. The number of hydrogen-bond acceptors (Lipinski definition) is 3. The minimum atomic E-state index is -4.31. The SMILES string of the molecule is CN=C(NCCc1nc2ccccc2[nH]1)NCc1ccc(COCC(F)(F)F)cc1.I. The van der Waals surface area contributed by atoms with E-state index < -0.39 is 12.8 Å². The summed E-state index contributed by atoms with van der Waals surface area (Å²) in [7, 11) is 1.69. The fraction of sp³-hybridized carbons (Fsp3) is 0.333. The van der Waals surface area contributed by atoms with E-state index in [4.69, 9.17) is 0 Å². The van der Waals surface area contributed by atoms with Gasteiger partial charge in [0.05, 0.1) is 17.6 Å². The number of alkyl halides is 3. The number of nitrogens with one attached hydrogen (secondary N) is 3. The molecule has 0 aliphatic rings. The molecule has 6 nitrogen and oxygen atoms in total. The number of rotatable bonds is 8. The number of nitrogens with zero attached hydrogens (tertiary/aromatic N) is 2. The van der Waals surface area contributed by atoms with Gasteiger partial charge in [0.2, 0.25) is 0 Å². The lowest BCUT2D eigenvalue weighted by Crippen LogP contribution is -2.37. The first-order valence-electron chi connectivity index (χ1n) is 9.53. The van der Waals surface area contributed by atoms with Crippen molar-refractivity contribution in [3.63, 3.8) is 0 Å². The number of aliphatic imine (C=N–C) groups is 1. The summed E-state index contributed by atoms with van der Waals surface area (Å²) in [6.45, 7) is -0.118. The Morgan fingerprint density at radius 3 is 2.45 bits per heavy atom. The van der Waals surface area contributed by atoms with Crippen molar-refractivity contribution in [1.29, 1.82) is 0 Å². The Kier molecular flexibility index (Phi) is 9.56. The van der Waals surface area contributed by atoms with Crippen LogP contribution < -0.4 is 10.6 Å². The van der Waals surface area contributed by atoms with Crippen molar-refractivity contribution in [3.8, 4) is 0 Å². The third kappa shape index (κ3) is 8.37. The van der Waals surface area contributed by atoms with Crippen molar-refractivity contribution in [2.75, 3.05) is 20.2 Å². The van der Waals surface area contributed by atoms with Crippen molar-refractivity contribution < 1.29 is 17.9 Å². The van der Waals surface area contributed by atoms with E-state index >= 15 is 0 Å². The van der Waals surface area contributed by atoms with Crippen molar-refractivity contribution in [2.24, 2.45) is 4.99 Å². The van der Waals surface area contributed by atoms with Gasteiger partial charge in [-0.2, -0.15) is 13.2 Å². The quantitative estimate of drug-likeness (QED) is 0.225. The molecule has 0 radical (unpaired) electrons. The van der Waals surface area contributed by atoms with Gasteiger partial charge in [0.25, 0.3) is 0 Å². The van der Waals surface area contributed by atoms with E-state index in [-0.39, 0.29) is 30.6 Å². The second-order valence-electron chi connectivity index (χ2n) is 6.73. The molecule has 0 bridgehead atoms. The molecule has 0 atom stereocenters. The number of hydrogen-bond donors (Lipinski definition) is 3. The first-order valence-corrected chi connectivity index (χ1v) is 9.53. The molecule has 0 aliphatic carbocycles. The molecule has 0 fully saturated rings. The van der Waals surface area contributed by atoms with Gasteiger partial charge in [-0.3, -0.25) is 4.99 Å². The lowest BCUT2D eigenvalue weighted by molar-refractivity contribution is -0.176. The zero-order valence-corrected chi connectivity index (χ0v) is 19.3. The fourth-order valence-corrected chi connectivity index (χ4v) is 2.87. The summed E-state index contributed by atoms with van der Waals surface area (Å²) in [6, 6.07) is 15.1. The summed E-state index contributed by atoms with van der Waals surface area (Å²) in [5.41, 5.74) is 3.63. The summed E-state index contributed by atoms with van der Waals surface area (Å²) in [5.74, 6) is 1.56. The normalized spacial score (nSPS) is 11.9. The molecular weight excluding hydrogens is 522 g/mol. The Hall–Kier alpha value is -2.34. The molecule has 2 aromatic carbocycles. The van der Waals surface area contributed by atoms with Crippen LogP contribution in [0.15, 0.2) is 53.5 Å². The summed E-state index contributed by atoms with van der Waals surface area (Å²) < 4.78 is 41.0. The minimum absolute atomic E-state index is 0. The van der Waals surface area contributed by atoms with Crippen LogP contribution in [0.25, 0.3) is 11.0 Å². The topological polar surface area (TPSA) is 74.3 Å². The van der Waals surface area contributed by atoms with Crippen LogP contribution in [-0.2, 0) is 24.3 Å². The third-order valence-corrected chi connectivity index (χ3v) is 4.33. The smallest absolute Gasteiger partial charge is 0.367 e. The highest BCUT2D eigenvalue weighted by Crippen LogP contribution is 2.16. The number of benzene rings is 2. The van der Waals surface area contributed by atoms with Crippen LogP contribution in [-0.4, -0.2) is 42.3 Å². The molecule has 0 unspecified atom stereocenters. The number of aromatic nitrogens is 2. The Bertz CT molecular complexity index is 940. The number of para-hydroxylation sites is 2. The van der Waals surface area contributed by atoms with Crippen molar-refractivity contribution in [3.05, 3.63) is 65.5 Å². The molecule has 168 valence electrons. The lowest BCUT2D eigenvalue weighted by atomic mass is 10.1. The van der Waals surface area contributed by atoms with Crippen LogP contribution >= 0.6 is 24.0 Å². The van der Waals surface area contributed by atoms with E-state index in [1.165, 1.54) is 0 Å². The number of ether oxygens (including phenoxy) is 1. The summed E-state index contributed by atoms with van der Waals surface area (Å²) in [5, 5.41) is 6.45. The first-order chi connectivity index (χ1) is 14.4. The second kappa shape index (κ2) is 11.9. The number of fused-ring (bicyclic) bond motifs is 1. The van der Waals surface area contributed by atoms with Gasteiger partial charge in [-0.1, -0.05) is 36.4 Å². The Balaban J connectivity index is 0.00000341. The molecule has 0 saturated carbocycles. The molecule has 1 heterocycles. The van der Waals surface area contributed by atoms with E-state index in [2.05, 4.69) is 30.3 Å². The molecule has 31 heavy (non-hydrogen) atoms. The maximum absolute atomic E-state index is 12.1. The number of halogens is 4. The van der Waals surface area contributed by atoms with Gasteiger partial charge < -0.3 is 20.4 Å². The van der Waals surface area contributed by atoms with Crippen LogP contribution in [0.3, 0.4) is 0 Å². The van der Waals surface area contributed by atoms with Crippen molar-refractivity contribution in [1.82, 2.24) is 20.6 Å². The number of imidazole rings is 1. The average molecular weight is 547 g/mol. The van der Waals surface area contributed by atoms with Crippen LogP contribution in [0.1, 0.15) is 17.0 Å². The average Bonchev–Trinajstić information content (AvgIpc) is 3.13. The van der Waals surface area contributed by atoms with Crippen molar-refractivity contribution >= 4 is 41.0 Å². The van der Waals surface area contributed by atoms with Gasteiger partial charge in [0.1, 0.15) is 12.4 Å². The van der Waals surface area contributed by atoms with Gasteiger partial charge >= 0.3 is 6.18 Å². The Labute approximate surface area is 195 Å². The first kappa shape index (κ1) is 24.9. The molecule has 3 rings (SSSR count). The maximum Gasteiger partial charge on any atom is 0.411 e. The lowest BCUT2D eigenvalue weighted by Gasteiger charge is -2.12. The molecule has 3 N–H and O–H groups in total. The molecular formula is C21H25F3IN5O. The van der Waals surface area contributed by atoms with Gasteiger partial charge in [-0.25, -0.2) is 4.98 Å². The van der Waals surface area contributed by atoms with Crippen LogP contribution in [0.5, 0.6) is 0 Å². The zero-order valence-electron chi connectivity index (χ0n) is 17.0. The largest absolute Gasteiger partial charge is 0.411 e. The summed E-state index contributed by atoms with van der Waals surface area (Å²) in [6.07, 6.45) is -3.58. The van der Waals surface area contributed by atoms with Gasteiger partial charge in [0.15, 0.2) is 5.96 Å². The van der Waals surface area contributed by atoms with Gasteiger partial charge in [-0.15, -0.1) is 24.0 Å². The number of H-pyrrole nitrogens is 1. The number of guanidine groups is 1. The highest BCUT2D eigenvalue weighted by Gasteiger charge is 2.27.